The molecule has 1 N–H and O–H groups in total. The standard InChI is InChI=1S/C18H19ClN2O5/c1-24-15-4-3-12(9-16(15)25-2)5-7-21-17(22)11-26-18(23)14-10-13(19)6-8-20-14/h3-4,6,8-10H,5,7,11H2,1-2H3,(H,21,22). The molecule has 1 heterocycles. The van der Waals surface area contributed by atoms with E-state index < -0.39 is 11.9 Å². The van der Waals surface area contributed by atoms with Crippen LogP contribution in [0.1, 0.15) is 16.1 Å². The summed E-state index contributed by atoms with van der Waals surface area (Å²) in [4.78, 5) is 27.4. The number of aromatic nitrogens is 1. The maximum atomic E-state index is 11.8. The van der Waals surface area contributed by atoms with Crippen LogP contribution in [0.25, 0.3) is 0 Å². The van der Waals surface area contributed by atoms with Crippen LogP contribution >= 0.6 is 11.6 Å². The SMILES string of the molecule is COc1ccc(CCNC(=O)COC(=O)c2cc(Cl)ccn2)cc1OC. The van der Waals surface area contributed by atoms with Crippen molar-refractivity contribution in [1.82, 2.24) is 10.3 Å². The zero-order valence-corrected chi connectivity index (χ0v) is 15.2. The highest BCUT2D eigenvalue weighted by Crippen LogP contribution is 2.27. The highest BCUT2D eigenvalue weighted by atomic mass is 35.5. The van der Waals surface area contributed by atoms with Gasteiger partial charge in [0.1, 0.15) is 5.69 Å². The lowest BCUT2D eigenvalue weighted by Gasteiger charge is -2.10. The van der Waals surface area contributed by atoms with E-state index in [1.165, 1.54) is 12.3 Å². The Labute approximate surface area is 156 Å². The van der Waals surface area contributed by atoms with Crippen molar-refractivity contribution in [2.45, 2.75) is 6.42 Å². The molecule has 1 amide bonds. The van der Waals surface area contributed by atoms with Crippen molar-refractivity contribution in [2.75, 3.05) is 27.4 Å². The van der Waals surface area contributed by atoms with E-state index in [1.54, 1.807) is 26.4 Å². The van der Waals surface area contributed by atoms with Gasteiger partial charge in [0.25, 0.3) is 5.91 Å². The number of benzene rings is 1. The number of rotatable bonds is 8. The summed E-state index contributed by atoms with van der Waals surface area (Å²) in [7, 11) is 3.13. The Hall–Kier alpha value is -2.80. The van der Waals surface area contributed by atoms with Crippen molar-refractivity contribution in [3.63, 3.8) is 0 Å². The van der Waals surface area contributed by atoms with Gasteiger partial charge in [-0.05, 0) is 36.2 Å². The lowest BCUT2D eigenvalue weighted by molar-refractivity contribution is -0.124. The predicted molar refractivity (Wildman–Crippen MR) is 95.8 cm³/mol. The van der Waals surface area contributed by atoms with Gasteiger partial charge in [-0.2, -0.15) is 0 Å². The molecular formula is C18H19ClN2O5. The van der Waals surface area contributed by atoms with E-state index in [1.807, 2.05) is 12.1 Å². The molecule has 138 valence electrons. The van der Waals surface area contributed by atoms with Crippen LogP contribution in [0.5, 0.6) is 11.5 Å². The summed E-state index contributed by atoms with van der Waals surface area (Å²) in [5, 5.41) is 3.05. The second-order valence-corrected chi connectivity index (χ2v) is 5.66. The van der Waals surface area contributed by atoms with E-state index in [0.29, 0.717) is 29.5 Å². The van der Waals surface area contributed by atoms with Gasteiger partial charge in [0.15, 0.2) is 18.1 Å². The molecule has 8 heteroatoms. The number of esters is 1. The predicted octanol–water partition coefficient (Wildman–Crippen LogP) is 2.27. The van der Waals surface area contributed by atoms with Gasteiger partial charge < -0.3 is 19.5 Å². The highest BCUT2D eigenvalue weighted by Gasteiger charge is 2.12. The quantitative estimate of drug-likeness (QED) is 0.709. The Morgan fingerprint density at radius 2 is 1.88 bits per heavy atom. The molecule has 1 aromatic carbocycles. The fraction of sp³-hybridized carbons (Fsp3) is 0.278. The molecule has 0 radical (unpaired) electrons. The van der Waals surface area contributed by atoms with Crippen LogP contribution in [0.15, 0.2) is 36.5 Å². The molecule has 7 nitrogen and oxygen atoms in total. The number of hydrogen-bond acceptors (Lipinski definition) is 6. The fourth-order valence-electron chi connectivity index (χ4n) is 2.15. The number of carbonyl (C=O) groups excluding carboxylic acids is 2. The average Bonchev–Trinajstić information content (AvgIpc) is 2.65. The Kier molecular flexibility index (Phi) is 7.23. The molecule has 0 aliphatic rings. The molecule has 2 aromatic rings. The molecule has 0 atom stereocenters. The number of methoxy groups -OCH3 is 2. The molecule has 26 heavy (non-hydrogen) atoms. The third kappa shape index (κ3) is 5.63. The molecule has 0 bridgehead atoms. The Morgan fingerprint density at radius 1 is 1.12 bits per heavy atom. The minimum absolute atomic E-state index is 0.0515. The number of nitrogens with zero attached hydrogens (tertiary/aromatic N) is 1. The lowest BCUT2D eigenvalue weighted by Crippen LogP contribution is -2.30. The van der Waals surface area contributed by atoms with Crippen LogP contribution in [-0.2, 0) is 16.0 Å². The number of pyridine rings is 1. The first-order valence-electron chi connectivity index (χ1n) is 7.79. The van der Waals surface area contributed by atoms with Gasteiger partial charge >= 0.3 is 5.97 Å². The van der Waals surface area contributed by atoms with E-state index in [0.717, 1.165) is 5.56 Å². The average molecular weight is 379 g/mol. The van der Waals surface area contributed by atoms with Gasteiger partial charge in [-0.25, -0.2) is 9.78 Å². The van der Waals surface area contributed by atoms with Gasteiger partial charge in [-0.1, -0.05) is 17.7 Å². The molecule has 0 spiro atoms. The van der Waals surface area contributed by atoms with Crippen LogP contribution in [0, 0.1) is 0 Å². The van der Waals surface area contributed by atoms with Gasteiger partial charge in [0.05, 0.1) is 14.2 Å². The van der Waals surface area contributed by atoms with Crippen LogP contribution in [0.3, 0.4) is 0 Å². The maximum absolute atomic E-state index is 11.8. The number of halogens is 1. The van der Waals surface area contributed by atoms with Gasteiger partial charge in [0, 0.05) is 17.8 Å². The molecule has 2 rings (SSSR count). The Bertz CT molecular complexity index is 782. The molecule has 0 saturated carbocycles. The van der Waals surface area contributed by atoms with Crippen molar-refractivity contribution in [3.8, 4) is 11.5 Å². The smallest absolute Gasteiger partial charge is 0.357 e. The van der Waals surface area contributed by atoms with Crippen molar-refractivity contribution >= 4 is 23.5 Å². The molecule has 0 aliphatic carbocycles. The summed E-state index contributed by atoms with van der Waals surface area (Å²) in [5.41, 5.74) is 1.03. The van der Waals surface area contributed by atoms with Crippen LogP contribution in [0.4, 0.5) is 0 Å². The van der Waals surface area contributed by atoms with Crippen molar-refractivity contribution in [2.24, 2.45) is 0 Å². The third-order valence-corrected chi connectivity index (χ3v) is 3.68. The number of ether oxygens (including phenoxy) is 3. The summed E-state index contributed by atoms with van der Waals surface area (Å²) < 4.78 is 15.3. The van der Waals surface area contributed by atoms with Crippen LogP contribution < -0.4 is 14.8 Å². The second-order valence-electron chi connectivity index (χ2n) is 5.22. The summed E-state index contributed by atoms with van der Waals surface area (Å²) >= 11 is 5.78. The normalized spacial score (nSPS) is 10.1. The Balaban J connectivity index is 1.76. The largest absolute Gasteiger partial charge is 0.493 e. The van der Waals surface area contributed by atoms with E-state index in [-0.39, 0.29) is 12.3 Å². The summed E-state index contributed by atoms with van der Waals surface area (Å²) in [6.07, 6.45) is 1.98. The second kappa shape index (κ2) is 9.62. The minimum Gasteiger partial charge on any atom is -0.493 e. The zero-order valence-electron chi connectivity index (χ0n) is 14.5. The summed E-state index contributed by atoms with van der Waals surface area (Å²) in [6, 6.07) is 8.45. The minimum atomic E-state index is -0.706. The first-order valence-corrected chi connectivity index (χ1v) is 8.17. The molecule has 1 aromatic heterocycles. The van der Waals surface area contributed by atoms with Crippen LogP contribution in [-0.4, -0.2) is 44.2 Å². The van der Waals surface area contributed by atoms with Gasteiger partial charge in [-0.3, -0.25) is 4.79 Å². The van der Waals surface area contributed by atoms with Crippen molar-refractivity contribution in [1.29, 1.82) is 0 Å². The molecule has 0 unspecified atom stereocenters. The molecular weight excluding hydrogens is 360 g/mol. The Morgan fingerprint density at radius 3 is 2.58 bits per heavy atom. The number of nitrogens with one attached hydrogen (secondary N) is 1. The zero-order chi connectivity index (χ0) is 18.9. The lowest BCUT2D eigenvalue weighted by atomic mass is 10.1. The molecule has 0 saturated heterocycles. The highest BCUT2D eigenvalue weighted by molar-refractivity contribution is 6.30. The third-order valence-electron chi connectivity index (χ3n) is 3.45. The van der Waals surface area contributed by atoms with E-state index in [9.17, 15) is 9.59 Å². The number of carbonyl (C=O) groups is 2. The van der Waals surface area contributed by atoms with E-state index in [4.69, 9.17) is 25.8 Å². The van der Waals surface area contributed by atoms with Gasteiger partial charge in [-0.15, -0.1) is 0 Å². The summed E-state index contributed by atoms with van der Waals surface area (Å²) in [6.45, 7) is 0.000240. The fourth-order valence-corrected chi connectivity index (χ4v) is 2.31. The topological polar surface area (TPSA) is 86.8 Å². The first kappa shape index (κ1) is 19.5. The number of hydrogen-bond donors (Lipinski definition) is 1. The van der Waals surface area contributed by atoms with Gasteiger partial charge in [0.2, 0.25) is 0 Å². The van der Waals surface area contributed by atoms with E-state index in [2.05, 4.69) is 10.3 Å². The van der Waals surface area contributed by atoms with E-state index >= 15 is 0 Å². The number of amides is 1. The van der Waals surface area contributed by atoms with Crippen LogP contribution in [0.2, 0.25) is 5.02 Å². The van der Waals surface area contributed by atoms with Crippen molar-refractivity contribution in [3.05, 3.63) is 52.8 Å². The van der Waals surface area contributed by atoms with Crippen molar-refractivity contribution < 1.29 is 23.8 Å². The summed E-state index contributed by atoms with van der Waals surface area (Å²) in [5.74, 6) is 0.157. The monoisotopic (exact) mass is 378 g/mol. The molecule has 0 fully saturated rings. The first-order chi connectivity index (χ1) is 12.5. The maximum Gasteiger partial charge on any atom is 0.357 e. The molecule has 0 aliphatic heterocycles.